The molecule has 2 heterocycles. The van der Waals surface area contributed by atoms with Crippen molar-refractivity contribution in [3.05, 3.63) is 143 Å². The topological polar surface area (TPSA) is 59.3 Å². The van der Waals surface area contributed by atoms with Gasteiger partial charge in [0, 0.05) is 22.2 Å². The summed E-state index contributed by atoms with van der Waals surface area (Å²) in [6, 6.07) is 35.2. The molecule has 0 amide bonds. The van der Waals surface area contributed by atoms with Crippen molar-refractivity contribution in [2.45, 2.75) is 31.6 Å². The summed E-state index contributed by atoms with van der Waals surface area (Å²) in [5.74, 6) is 1.76. The molecule has 2 atom stereocenters. The quantitative estimate of drug-likeness (QED) is 0.275. The Kier molecular flexibility index (Phi) is 5.91. The summed E-state index contributed by atoms with van der Waals surface area (Å²) in [4.78, 5) is 0. The molecular formula is C33H31N3O. The van der Waals surface area contributed by atoms with Crippen molar-refractivity contribution in [2.75, 3.05) is 0 Å². The van der Waals surface area contributed by atoms with Crippen molar-refractivity contribution < 1.29 is 4.74 Å². The van der Waals surface area contributed by atoms with Crippen LogP contribution in [0.4, 0.5) is 0 Å². The van der Waals surface area contributed by atoms with Crippen LogP contribution in [0.1, 0.15) is 47.8 Å². The Hall–Kier alpha value is -4.12. The van der Waals surface area contributed by atoms with Crippen molar-refractivity contribution in [3.8, 4) is 11.5 Å². The third kappa shape index (κ3) is 4.25. The highest BCUT2D eigenvalue weighted by Crippen LogP contribution is 2.49. The first-order valence-corrected chi connectivity index (χ1v) is 12.7. The van der Waals surface area contributed by atoms with E-state index in [4.69, 9.17) is 10.5 Å². The number of ether oxygens (including phenoxy) is 1. The molecule has 184 valence electrons. The Balaban J connectivity index is 1.36. The zero-order valence-electron chi connectivity index (χ0n) is 21.1. The van der Waals surface area contributed by atoms with Crippen LogP contribution in [-0.4, -0.2) is 6.17 Å². The molecule has 0 aliphatic carbocycles. The highest BCUT2D eigenvalue weighted by Gasteiger charge is 2.37. The molecule has 4 nitrogen and oxygen atoms in total. The summed E-state index contributed by atoms with van der Waals surface area (Å²) in [6.07, 6.45) is 3.71. The van der Waals surface area contributed by atoms with Gasteiger partial charge in [-0.25, -0.2) is 0 Å². The van der Waals surface area contributed by atoms with Crippen molar-refractivity contribution >= 4 is 11.3 Å². The molecule has 37 heavy (non-hydrogen) atoms. The van der Waals surface area contributed by atoms with Gasteiger partial charge in [-0.05, 0) is 40.5 Å². The second-order valence-electron chi connectivity index (χ2n) is 10.1. The van der Waals surface area contributed by atoms with Gasteiger partial charge in [-0.3, -0.25) is 5.32 Å². The number of nitrogens with one attached hydrogen (secondary N) is 2. The lowest BCUT2D eigenvalue weighted by molar-refractivity contribution is 0.406. The summed E-state index contributed by atoms with van der Waals surface area (Å²) in [5.41, 5.74) is 14.5. The molecule has 4 aromatic rings. The maximum absolute atomic E-state index is 6.96. The van der Waals surface area contributed by atoms with Gasteiger partial charge >= 0.3 is 0 Å². The van der Waals surface area contributed by atoms with Gasteiger partial charge in [0.05, 0.1) is 6.17 Å². The minimum atomic E-state index is -0.428. The van der Waals surface area contributed by atoms with Gasteiger partial charge in [0.1, 0.15) is 17.7 Å². The van der Waals surface area contributed by atoms with Gasteiger partial charge < -0.3 is 15.8 Å². The number of hydrogen-bond acceptors (Lipinski definition) is 4. The standard InChI is InChI=1S/C33H31N3O/c1-33(2)26-17-9-10-18-28(26)37-29-19-11-16-25(30(29)33)31(34)36-32-24(22-12-5-3-6-13-22)20-21-27(35-32)23-14-7-4-8-15-23/h3-21,31-32,35-36H,34H2,1-2H3. The van der Waals surface area contributed by atoms with Crippen LogP contribution in [0, 0.1) is 0 Å². The fourth-order valence-electron chi connectivity index (χ4n) is 5.53. The fraction of sp³-hybridized carbons (Fsp3) is 0.152. The van der Waals surface area contributed by atoms with E-state index in [0.29, 0.717) is 0 Å². The van der Waals surface area contributed by atoms with Crippen molar-refractivity contribution in [3.63, 3.8) is 0 Å². The van der Waals surface area contributed by atoms with Crippen LogP contribution >= 0.6 is 0 Å². The molecule has 0 bridgehead atoms. The zero-order chi connectivity index (χ0) is 25.4. The zero-order valence-corrected chi connectivity index (χ0v) is 21.1. The summed E-state index contributed by atoms with van der Waals surface area (Å²) in [6.45, 7) is 4.49. The molecule has 2 aliphatic heterocycles. The van der Waals surface area contributed by atoms with Crippen LogP contribution in [0.25, 0.3) is 11.3 Å². The fourth-order valence-corrected chi connectivity index (χ4v) is 5.53. The number of hydrogen-bond donors (Lipinski definition) is 3. The monoisotopic (exact) mass is 485 g/mol. The molecule has 4 N–H and O–H groups in total. The smallest absolute Gasteiger partial charge is 0.131 e. The second kappa shape index (κ2) is 9.40. The Morgan fingerprint density at radius 2 is 1.41 bits per heavy atom. The van der Waals surface area contributed by atoms with Crippen LogP contribution in [0.2, 0.25) is 0 Å². The minimum absolute atomic E-state index is 0.187. The number of nitrogens with two attached hydrogens (primary N) is 1. The van der Waals surface area contributed by atoms with Crippen LogP contribution in [0.3, 0.4) is 0 Å². The molecule has 6 rings (SSSR count). The van der Waals surface area contributed by atoms with Crippen LogP contribution in [0.5, 0.6) is 11.5 Å². The number of para-hydroxylation sites is 1. The summed E-state index contributed by atoms with van der Waals surface area (Å²) < 4.78 is 6.34. The Labute approximate surface area is 218 Å². The van der Waals surface area contributed by atoms with E-state index < -0.39 is 6.17 Å². The molecule has 0 fully saturated rings. The van der Waals surface area contributed by atoms with E-state index in [1.165, 1.54) is 0 Å². The number of fused-ring (bicyclic) bond motifs is 2. The number of dihydropyridines is 1. The van der Waals surface area contributed by atoms with Gasteiger partial charge in [-0.1, -0.05) is 111 Å². The maximum atomic E-state index is 6.96. The predicted molar refractivity (Wildman–Crippen MR) is 151 cm³/mol. The van der Waals surface area contributed by atoms with Crippen LogP contribution in [-0.2, 0) is 5.41 Å². The van der Waals surface area contributed by atoms with Crippen molar-refractivity contribution in [1.82, 2.24) is 10.6 Å². The van der Waals surface area contributed by atoms with Gasteiger partial charge in [-0.2, -0.15) is 0 Å². The number of rotatable bonds is 5. The number of allylic oxidation sites excluding steroid dienone is 2. The molecule has 0 saturated carbocycles. The van der Waals surface area contributed by atoms with E-state index in [1.807, 2.05) is 36.4 Å². The average Bonchev–Trinajstić information content (AvgIpc) is 2.94. The van der Waals surface area contributed by atoms with Gasteiger partial charge in [0.2, 0.25) is 0 Å². The van der Waals surface area contributed by atoms with E-state index in [0.717, 1.165) is 50.6 Å². The van der Waals surface area contributed by atoms with Gasteiger partial charge in [0.25, 0.3) is 0 Å². The lowest BCUT2D eigenvalue weighted by atomic mass is 9.73. The summed E-state index contributed by atoms with van der Waals surface area (Å²) in [7, 11) is 0. The van der Waals surface area contributed by atoms with Crippen LogP contribution < -0.4 is 21.1 Å². The van der Waals surface area contributed by atoms with E-state index in [9.17, 15) is 0 Å². The molecule has 0 radical (unpaired) electrons. The average molecular weight is 486 g/mol. The molecule has 0 saturated heterocycles. The first-order valence-electron chi connectivity index (χ1n) is 12.7. The molecule has 2 unspecified atom stereocenters. The Morgan fingerprint density at radius 3 is 2.16 bits per heavy atom. The Bertz CT molecular complexity index is 1490. The molecule has 0 spiro atoms. The highest BCUT2D eigenvalue weighted by molar-refractivity contribution is 5.80. The molecule has 4 heteroatoms. The molecular weight excluding hydrogens is 454 g/mol. The first kappa shape index (κ1) is 23.3. The predicted octanol–water partition coefficient (Wildman–Crippen LogP) is 6.72. The first-order chi connectivity index (χ1) is 18.0. The lowest BCUT2D eigenvalue weighted by Crippen LogP contribution is -2.48. The van der Waals surface area contributed by atoms with Gasteiger partial charge in [0.15, 0.2) is 0 Å². The SMILES string of the molecule is CC1(C)c2ccccc2Oc2cccc(C(N)NC3NC(c4ccccc4)=CC=C3c3ccccc3)c21. The highest BCUT2D eigenvalue weighted by atomic mass is 16.5. The van der Waals surface area contributed by atoms with E-state index in [2.05, 4.69) is 103 Å². The van der Waals surface area contributed by atoms with E-state index in [1.54, 1.807) is 0 Å². The van der Waals surface area contributed by atoms with Crippen LogP contribution in [0.15, 0.2) is 115 Å². The lowest BCUT2D eigenvalue weighted by Gasteiger charge is -2.38. The number of benzene rings is 4. The molecule has 4 aromatic carbocycles. The summed E-state index contributed by atoms with van der Waals surface area (Å²) in [5, 5.41) is 7.40. The van der Waals surface area contributed by atoms with E-state index in [-0.39, 0.29) is 11.6 Å². The normalized spacial score (nSPS) is 18.3. The molecule has 2 aliphatic rings. The van der Waals surface area contributed by atoms with Crippen molar-refractivity contribution in [2.24, 2.45) is 5.73 Å². The largest absolute Gasteiger partial charge is 0.457 e. The van der Waals surface area contributed by atoms with Crippen molar-refractivity contribution in [1.29, 1.82) is 0 Å². The van der Waals surface area contributed by atoms with E-state index >= 15 is 0 Å². The summed E-state index contributed by atoms with van der Waals surface area (Å²) >= 11 is 0. The molecule has 0 aromatic heterocycles. The Morgan fingerprint density at radius 1 is 0.757 bits per heavy atom. The maximum Gasteiger partial charge on any atom is 0.131 e. The third-order valence-corrected chi connectivity index (χ3v) is 7.38. The third-order valence-electron chi connectivity index (χ3n) is 7.38. The minimum Gasteiger partial charge on any atom is -0.457 e. The van der Waals surface area contributed by atoms with Gasteiger partial charge in [-0.15, -0.1) is 0 Å². The second-order valence-corrected chi connectivity index (χ2v) is 10.1.